The lowest BCUT2D eigenvalue weighted by molar-refractivity contribution is 0.561. The lowest BCUT2D eigenvalue weighted by atomic mass is 10.0. The third-order valence-electron chi connectivity index (χ3n) is 2.77. The molecule has 1 aromatic carbocycles. The first kappa shape index (κ1) is 15.9. The molecule has 0 bridgehead atoms. The lowest BCUT2D eigenvalue weighted by Gasteiger charge is -2.18. The summed E-state index contributed by atoms with van der Waals surface area (Å²) in [4.78, 5) is 0.917. The van der Waals surface area contributed by atoms with Crippen LogP contribution in [0.5, 0.6) is 0 Å². The number of hydrogen-bond acceptors (Lipinski definition) is 2. The Bertz CT molecular complexity index is 563. The fourth-order valence-electron chi connectivity index (χ4n) is 1.92. The highest BCUT2D eigenvalue weighted by atomic mass is 79.9. The maximum absolute atomic E-state index is 13.4. The normalized spacial score (nSPS) is 12.7. The average Bonchev–Trinajstić information content (AvgIpc) is 2.69. The number of hydrogen-bond donors (Lipinski definition) is 1. The van der Waals surface area contributed by atoms with E-state index in [0.717, 1.165) is 28.4 Å². The highest BCUT2D eigenvalue weighted by Gasteiger charge is 2.19. The van der Waals surface area contributed by atoms with Crippen LogP contribution >= 0.6 is 38.9 Å². The molecule has 0 saturated carbocycles. The largest absolute Gasteiger partial charge is 0.306 e. The Kier molecular flexibility index (Phi) is 5.55. The zero-order chi connectivity index (χ0) is 14.7. The predicted molar refractivity (Wildman–Crippen MR) is 83.5 cm³/mol. The van der Waals surface area contributed by atoms with Crippen molar-refractivity contribution in [2.45, 2.75) is 19.4 Å². The molecule has 0 spiro atoms. The van der Waals surface area contributed by atoms with E-state index in [1.54, 1.807) is 0 Å². The molecule has 2 rings (SSSR count). The van der Waals surface area contributed by atoms with Gasteiger partial charge in [0.2, 0.25) is 0 Å². The van der Waals surface area contributed by atoms with Crippen LogP contribution in [0.25, 0.3) is 0 Å². The second-order valence-electron chi connectivity index (χ2n) is 4.36. The molecule has 1 atom stereocenters. The summed E-state index contributed by atoms with van der Waals surface area (Å²) >= 11 is 10.8. The van der Waals surface area contributed by atoms with Crippen LogP contribution in [-0.2, 0) is 0 Å². The van der Waals surface area contributed by atoms with Crippen molar-refractivity contribution in [1.82, 2.24) is 5.32 Å². The van der Waals surface area contributed by atoms with Gasteiger partial charge in [0.15, 0.2) is 0 Å². The number of halogens is 4. The number of nitrogens with one attached hydrogen (secondary N) is 1. The quantitative estimate of drug-likeness (QED) is 0.719. The van der Waals surface area contributed by atoms with Crippen LogP contribution < -0.4 is 5.32 Å². The Morgan fingerprint density at radius 2 is 1.90 bits per heavy atom. The van der Waals surface area contributed by atoms with Crippen molar-refractivity contribution in [3.8, 4) is 0 Å². The van der Waals surface area contributed by atoms with Crippen molar-refractivity contribution in [3.63, 3.8) is 0 Å². The Morgan fingerprint density at radius 1 is 1.25 bits per heavy atom. The number of thiophene rings is 1. The van der Waals surface area contributed by atoms with E-state index in [1.807, 2.05) is 13.0 Å². The van der Waals surface area contributed by atoms with Gasteiger partial charge in [-0.25, -0.2) is 8.78 Å². The fraction of sp³-hybridized carbons (Fsp3) is 0.286. The van der Waals surface area contributed by atoms with Crippen molar-refractivity contribution in [2.24, 2.45) is 0 Å². The van der Waals surface area contributed by atoms with Crippen LogP contribution in [0.1, 0.15) is 29.8 Å². The summed E-state index contributed by atoms with van der Waals surface area (Å²) in [6, 6.07) is 5.17. The summed E-state index contributed by atoms with van der Waals surface area (Å²) in [5.41, 5.74) is 0.557. The van der Waals surface area contributed by atoms with E-state index in [-0.39, 0.29) is 6.04 Å². The van der Waals surface area contributed by atoms with Gasteiger partial charge in [-0.2, -0.15) is 0 Å². The van der Waals surface area contributed by atoms with E-state index in [4.69, 9.17) is 11.6 Å². The summed E-state index contributed by atoms with van der Waals surface area (Å²) in [5.74, 6) is -1.16. The molecule has 2 aromatic rings. The Hall–Kier alpha value is -0.490. The molecule has 6 heteroatoms. The third kappa shape index (κ3) is 3.79. The SMILES string of the molecule is CCCNC(c1cc(F)cc(F)c1)c1cc(Br)c(Cl)s1. The molecule has 0 radical (unpaired) electrons. The average molecular weight is 381 g/mol. The van der Waals surface area contributed by atoms with Crippen LogP contribution in [0.15, 0.2) is 28.7 Å². The van der Waals surface area contributed by atoms with Gasteiger partial charge in [0.05, 0.1) is 6.04 Å². The zero-order valence-electron chi connectivity index (χ0n) is 10.7. The van der Waals surface area contributed by atoms with E-state index in [0.29, 0.717) is 9.90 Å². The minimum absolute atomic E-state index is 0.269. The molecule has 1 aromatic heterocycles. The van der Waals surface area contributed by atoms with Gasteiger partial charge < -0.3 is 5.32 Å². The maximum Gasteiger partial charge on any atom is 0.126 e. The van der Waals surface area contributed by atoms with Crippen LogP contribution in [-0.4, -0.2) is 6.54 Å². The first-order valence-corrected chi connectivity index (χ1v) is 8.14. The molecule has 0 saturated heterocycles. The fourth-order valence-corrected chi connectivity index (χ4v) is 3.76. The minimum Gasteiger partial charge on any atom is -0.306 e. The van der Waals surface area contributed by atoms with Crippen LogP contribution in [0.2, 0.25) is 4.34 Å². The Morgan fingerprint density at radius 3 is 2.40 bits per heavy atom. The molecule has 20 heavy (non-hydrogen) atoms. The highest BCUT2D eigenvalue weighted by molar-refractivity contribution is 9.10. The molecule has 1 heterocycles. The smallest absolute Gasteiger partial charge is 0.126 e. The van der Waals surface area contributed by atoms with Gasteiger partial charge in [-0.05, 0) is 52.7 Å². The van der Waals surface area contributed by atoms with Gasteiger partial charge in [-0.1, -0.05) is 18.5 Å². The van der Waals surface area contributed by atoms with Gasteiger partial charge >= 0.3 is 0 Å². The summed E-state index contributed by atoms with van der Waals surface area (Å²) in [5, 5.41) is 3.29. The minimum atomic E-state index is -0.579. The first-order valence-electron chi connectivity index (χ1n) is 6.15. The van der Waals surface area contributed by atoms with E-state index < -0.39 is 11.6 Å². The Labute approximate surface area is 134 Å². The molecule has 0 aliphatic carbocycles. The van der Waals surface area contributed by atoms with Gasteiger partial charge in [0.25, 0.3) is 0 Å². The molecule has 1 unspecified atom stereocenters. The zero-order valence-corrected chi connectivity index (χ0v) is 13.9. The van der Waals surface area contributed by atoms with E-state index in [2.05, 4.69) is 21.2 Å². The predicted octanol–water partition coefficient (Wildman–Crippen LogP) is 5.53. The molecule has 0 aliphatic rings. The second kappa shape index (κ2) is 6.98. The number of rotatable bonds is 5. The summed E-state index contributed by atoms with van der Waals surface area (Å²) in [6.45, 7) is 2.78. The van der Waals surface area contributed by atoms with E-state index in [1.165, 1.54) is 23.5 Å². The molecular formula is C14H13BrClF2NS. The topological polar surface area (TPSA) is 12.0 Å². The molecule has 0 fully saturated rings. The Balaban J connectivity index is 2.40. The maximum atomic E-state index is 13.4. The highest BCUT2D eigenvalue weighted by Crippen LogP contribution is 2.37. The summed E-state index contributed by atoms with van der Waals surface area (Å²) in [7, 11) is 0. The molecule has 1 N–H and O–H groups in total. The van der Waals surface area contributed by atoms with Crippen molar-refractivity contribution >= 4 is 38.9 Å². The van der Waals surface area contributed by atoms with E-state index >= 15 is 0 Å². The molecule has 1 nitrogen and oxygen atoms in total. The number of benzene rings is 1. The van der Waals surface area contributed by atoms with Gasteiger partial charge in [-0.15, -0.1) is 11.3 Å². The molecular weight excluding hydrogens is 368 g/mol. The van der Waals surface area contributed by atoms with Gasteiger partial charge in [0.1, 0.15) is 16.0 Å². The van der Waals surface area contributed by atoms with Crippen LogP contribution in [0, 0.1) is 11.6 Å². The van der Waals surface area contributed by atoms with Gasteiger partial charge in [-0.3, -0.25) is 0 Å². The standard InChI is InChI=1S/C14H13BrClF2NS/c1-2-3-19-13(12-7-11(15)14(16)20-12)8-4-9(17)6-10(18)5-8/h4-7,13,19H,2-3H2,1H3. The lowest BCUT2D eigenvalue weighted by Crippen LogP contribution is -2.22. The third-order valence-corrected chi connectivity index (χ3v) is 5.30. The second-order valence-corrected chi connectivity index (χ2v) is 6.90. The molecule has 0 aliphatic heterocycles. The monoisotopic (exact) mass is 379 g/mol. The summed E-state index contributed by atoms with van der Waals surface area (Å²) in [6.07, 6.45) is 0.925. The van der Waals surface area contributed by atoms with Crippen molar-refractivity contribution in [1.29, 1.82) is 0 Å². The van der Waals surface area contributed by atoms with Crippen molar-refractivity contribution < 1.29 is 8.78 Å². The first-order chi connectivity index (χ1) is 9.51. The van der Waals surface area contributed by atoms with Crippen molar-refractivity contribution in [2.75, 3.05) is 6.54 Å². The van der Waals surface area contributed by atoms with Crippen molar-refractivity contribution in [3.05, 3.63) is 55.1 Å². The molecule has 0 amide bonds. The van der Waals surface area contributed by atoms with Crippen LogP contribution in [0.4, 0.5) is 8.78 Å². The summed E-state index contributed by atoms with van der Waals surface area (Å²) < 4.78 is 28.2. The van der Waals surface area contributed by atoms with Gasteiger partial charge in [0, 0.05) is 15.4 Å². The van der Waals surface area contributed by atoms with E-state index in [9.17, 15) is 8.78 Å². The van der Waals surface area contributed by atoms with Crippen LogP contribution in [0.3, 0.4) is 0 Å². The molecule has 108 valence electrons.